The van der Waals surface area contributed by atoms with E-state index in [1.165, 1.54) is 33.3 Å². The van der Waals surface area contributed by atoms with Crippen LogP contribution in [0.25, 0.3) is 44.8 Å². The van der Waals surface area contributed by atoms with Gasteiger partial charge >= 0.3 is 0 Å². The molecule has 0 fully saturated rings. The van der Waals surface area contributed by atoms with Gasteiger partial charge in [-0.3, -0.25) is 0 Å². The summed E-state index contributed by atoms with van der Waals surface area (Å²) in [6, 6.07) is 21.7. The zero-order valence-electron chi connectivity index (χ0n) is 19.4. The molecule has 0 bridgehead atoms. The summed E-state index contributed by atoms with van der Waals surface area (Å²) < 4.78 is 4.75. The minimum absolute atomic E-state index is 0.942. The molecule has 0 aliphatic carbocycles. The maximum absolute atomic E-state index is 5.08. The van der Waals surface area contributed by atoms with E-state index in [0.717, 1.165) is 48.6 Å². The molecule has 0 saturated heterocycles. The third kappa shape index (κ3) is 3.50. The van der Waals surface area contributed by atoms with Crippen LogP contribution in [-0.2, 0) is 13.1 Å². The summed E-state index contributed by atoms with van der Waals surface area (Å²) in [5.41, 5.74) is 9.24. The normalized spacial score (nSPS) is 11.6. The highest BCUT2D eigenvalue weighted by Crippen LogP contribution is 2.32. The van der Waals surface area contributed by atoms with Crippen LogP contribution in [0.3, 0.4) is 0 Å². The zero-order chi connectivity index (χ0) is 22.2. The van der Waals surface area contributed by atoms with Gasteiger partial charge in [-0.1, -0.05) is 61.4 Å². The first-order valence-corrected chi connectivity index (χ1v) is 11.6. The molecule has 2 aromatic heterocycles. The van der Waals surface area contributed by atoms with Crippen molar-refractivity contribution in [1.29, 1.82) is 0 Å². The number of benzene rings is 3. The fourth-order valence-electron chi connectivity index (χ4n) is 4.65. The summed E-state index contributed by atoms with van der Waals surface area (Å²) in [5, 5.41) is 0. The highest BCUT2D eigenvalue weighted by molar-refractivity contribution is 5.95. The van der Waals surface area contributed by atoms with Crippen LogP contribution in [0.5, 0.6) is 0 Å². The van der Waals surface area contributed by atoms with Gasteiger partial charge in [0.1, 0.15) is 11.6 Å². The topological polar surface area (TPSA) is 35.6 Å². The Morgan fingerprint density at radius 2 is 1.09 bits per heavy atom. The van der Waals surface area contributed by atoms with Gasteiger partial charge in [0.2, 0.25) is 0 Å². The fraction of sp³-hybridized carbons (Fsp3) is 0.286. The Balaban J connectivity index is 1.76. The maximum Gasteiger partial charge on any atom is 0.141 e. The molecule has 0 unspecified atom stereocenters. The second-order valence-electron chi connectivity index (χ2n) is 8.74. The minimum Gasteiger partial charge on any atom is -0.324 e. The van der Waals surface area contributed by atoms with Crippen molar-refractivity contribution in [3.05, 3.63) is 71.8 Å². The molecule has 0 spiro atoms. The largest absolute Gasteiger partial charge is 0.324 e. The van der Waals surface area contributed by atoms with E-state index in [4.69, 9.17) is 9.97 Å². The van der Waals surface area contributed by atoms with Gasteiger partial charge in [-0.05, 0) is 51.0 Å². The average Bonchev–Trinajstić information content (AvgIpc) is 3.31. The second-order valence-corrected chi connectivity index (χ2v) is 8.74. The molecule has 4 nitrogen and oxygen atoms in total. The molecule has 5 rings (SSSR count). The van der Waals surface area contributed by atoms with Gasteiger partial charge in [-0.25, -0.2) is 9.97 Å². The minimum atomic E-state index is 0.942. The van der Waals surface area contributed by atoms with Gasteiger partial charge < -0.3 is 9.13 Å². The third-order valence-corrected chi connectivity index (χ3v) is 6.06. The highest BCUT2D eigenvalue weighted by Gasteiger charge is 2.18. The number of nitrogens with zero attached hydrogens (tertiary/aromatic N) is 4. The van der Waals surface area contributed by atoms with Crippen LogP contribution in [0.1, 0.15) is 37.8 Å². The molecule has 2 heterocycles. The number of hydrogen-bond acceptors (Lipinski definition) is 2. The van der Waals surface area contributed by atoms with Crippen LogP contribution < -0.4 is 0 Å². The quantitative estimate of drug-likeness (QED) is 0.291. The van der Waals surface area contributed by atoms with Gasteiger partial charge in [-0.15, -0.1) is 0 Å². The molecule has 32 heavy (non-hydrogen) atoms. The predicted octanol–water partition coefficient (Wildman–Crippen LogP) is 7.16. The standard InChI is InChI=1S/C28H30N4/c1-5-13-31-25-18-26-24(17-23(25)29-27(31)21-11-7-9-19(3)15-21)30-28(32(26)14-6-2)22-12-8-10-20(4)16-22/h7-12,15-18H,5-6,13-14H2,1-4H3. The predicted molar refractivity (Wildman–Crippen MR) is 134 cm³/mol. The van der Waals surface area contributed by atoms with Crippen LogP contribution >= 0.6 is 0 Å². The Morgan fingerprint density at radius 3 is 1.50 bits per heavy atom. The molecule has 0 aliphatic heterocycles. The van der Waals surface area contributed by atoms with Crippen molar-refractivity contribution < 1.29 is 0 Å². The number of rotatable bonds is 6. The van der Waals surface area contributed by atoms with Gasteiger partial charge in [-0.2, -0.15) is 0 Å². The SMILES string of the molecule is CCCn1c(-c2cccc(C)c2)nc2cc3nc(-c4cccc(C)c4)n(CCC)c3cc21. The molecule has 0 aliphatic rings. The van der Waals surface area contributed by atoms with Crippen LogP contribution in [0, 0.1) is 13.8 Å². The van der Waals surface area contributed by atoms with Crippen LogP contribution in [0.2, 0.25) is 0 Å². The molecule has 3 aromatic carbocycles. The first-order chi connectivity index (χ1) is 15.6. The van der Waals surface area contributed by atoms with Crippen molar-refractivity contribution in [2.45, 2.75) is 53.6 Å². The van der Waals surface area contributed by atoms with Crippen molar-refractivity contribution >= 4 is 22.1 Å². The van der Waals surface area contributed by atoms with E-state index in [2.05, 4.69) is 97.5 Å². The van der Waals surface area contributed by atoms with E-state index in [1.54, 1.807) is 0 Å². The summed E-state index contributed by atoms with van der Waals surface area (Å²) in [6.45, 7) is 10.6. The van der Waals surface area contributed by atoms with E-state index < -0.39 is 0 Å². The molecule has 0 radical (unpaired) electrons. The van der Waals surface area contributed by atoms with Crippen molar-refractivity contribution in [3.63, 3.8) is 0 Å². The Morgan fingerprint density at radius 1 is 0.625 bits per heavy atom. The Bertz CT molecular complexity index is 1320. The third-order valence-electron chi connectivity index (χ3n) is 6.06. The van der Waals surface area contributed by atoms with Crippen molar-refractivity contribution in [3.8, 4) is 22.8 Å². The fourth-order valence-corrected chi connectivity index (χ4v) is 4.65. The molecule has 5 aromatic rings. The number of imidazole rings is 2. The number of aryl methyl sites for hydroxylation is 4. The number of aromatic nitrogens is 4. The first-order valence-electron chi connectivity index (χ1n) is 11.6. The molecule has 0 atom stereocenters. The highest BCUT2D eigenvalue weighted by atomic mass is 15.1. The summed E-state index contributed by atoms with van der Waals surface area (Å²) in [6.07, 6.45) is 2.12. The molecular weight excluding hydrogens is 392 g/mol. The van der Waals surface area contributed by atoms with Crippen LogP contribution in [0.4, 0.5) is 0 Å². The summed E-state index contributed by atoms with van der Waals surface area (Å²) in [4.78, 5) is 10.2. The first kappa shape index (κ1) is 20.5. The number of fused-ring (bicyclic) bond motifs is 2. The van der Waals surface area contributed by atoms with Crippen LogP contribution in [0.15, 0.2) is 60.7 Å². The lowest BCUT2D eigenvalue weighted by molar-refractivity contribution is 0.699. The zero-order valence-corrected chi connectivity index (χ0v) is 19.4. The smallest absolute Gasteiger partial charge is 0.141 e. The molecule has 162 valence electrons. The monoisotopic (exact) mass is 422 g/mol. The van der Waals surface area contributed by atoms with Gasteiger partial charge in [0.05, 0.1) is 22.1 Å². The van der Waals surface area contributed by atoms with Gasteiger partial charge in [0.25, 0.3) is 0 Å². The van der Waals surface area contributed by atoms with Crippen molar-refractivity contribution in [2.75, 3.05) is 0 Å². The average molecular weight is 423 g/mol. The molecule has 4 heteroatoms. The van der Waals surface area contributed by atoms with Crippen LogP contribution in [-0.4, -0.2) is 19.1 Å². The summed E-state index contributed by atoms with van der Waals surface area (Å²) in [7, 11) is 0. The Hall–Kier alpha value is -3.40. The number of hydrogen-bond donors (Lipinski definition) is 0. The van der Waals surface area contributed by atoms with E-state index >= 15 is 0 Å². The van der Waals surface area contributed by atoms with E-state index in [-0.39, 0.29) is 0 Å². The van der Waals surface area contributed by atoms with E-state index in [0.29, 0.717) is 0 Å². The summed E-state index contributed by atoms with van der Waals surface area (Å²) >= 11 is 0. The lowest BCUT2D eigenvalue weighted by Gasteiger charge is -2.10. The Kier molecular flexibility index (Phi) is 5.30. The Labute approximate surface area is 189 Å². The maximum atomic E-state index is 5.08. The van der Waals surface area contributed by atoms with Crippen molar-refractivity contribution in [1.82, 2.24) is 19.1 Å². The molecule has 0 saturated carbocycles. The van der Waals surface area contributed by atoms with E-state index in [1.807, 2.05) is 0 Å². The lowest BCUT2D eigenvalue weighted by atomic mass is 10.1. The van der Waals surface area contributed by atoms with Crippen molar-refractivity contribution in [2.24, 2.45) is 0 Å². The van der Waals surface area contributed by atoms with E-state index in [9.17, 15) is 0 Å². The molecule has 0 N–H and O–H groups in total. The molecular formula is C28H30N4. The summed E-state index contributed by atoms with van der Waals surface area (Å²) in [5.74, 6) is 2.08. The lowest BCUT2D eigenvalue weighted by Crippen LogP contribution is -2.01. The van der Waals surface area contributed by atoms with Gasteiger partial charge in [0, 0.05) is 24.2 Å². The van der Waals surface area contributed by atoms with Gasteiger partial charge in [0.15, 0.2) is 0 Å². The second kappa shape index (κ2) is 8.27. The molecule has 0 amide bonds.